The fourth-order valence-electron chi connectivity index (χ4n) is 2.70. The Bertz CT molecular complexity index is 526. The van der Waals surface area contributed by atoms with Crippen molar-refractivity contribution in [3.8, 4) is 0 Å². The molecule has 0 aromatic heterocycles. The number of nitrogens with one attached hydrogen (secondary N) is 3. The molecule has 34 heavy (non-hydrogen) atoms. The summed E-state index contributed by atoms with van der Waals surface area (Å²) in [7, 11) is 0. The summed E-state index contributed by atoms with van der Waals surface area (Å²) in [6, 6.07) is -0.658. The SMILES string of the molecule is CCCCNC(=O)[C@H](CCCCNC(=O)COCCOCCN)NC(=O)COCCOCCN. The van der Waals surface area contributed by atoms with E-state index in [1.54, 1.807) is 0 Å². The summed E-state index contributed by atoms with van der Waals surface area (Å²) < 4.78 is 20.8. The number of nitrogens with two attached hydrogens (primary N) is 2. The first-order valence-electron chi connectivity index (χ1n) is 12.1. The number of carbonyl (C=O) groups excluding carboxylic acids is 3. The van der Waals surface area contributed by atoms with Gasteiger partial charge in [0, 0.05) is 26.2 Å². The van der Waals surface area contributed by atoms with Crippen molar-refractivity contribution >= 4 is 17.7 Å². The monoisotopic (exact) mass is 491 g/mol. The number of rotatable bonds is 24. The van der Waals surface area contributed by atoms with Crippen LogP contribution in [0.4, 0.5) is 0 Å². The molecule has 0 spiro atoms. The lowest BCUT2D eigenvalue weighted by atomic mass is 10.1. The molecule has 0 rings (SSSR count). The Morgan fingerprint density at radius 2 is 1.26 bits per heavy atom. The van der Waals surface area contributed by atoms with Crippen molar-refractivity contribution in [3.05, 3.63) is 0 Å². The highest BCUT2D eigenvalue weighted by Crippen LogP contribution is 2.02. The van der Waals surface area contributed by atoms with Crippen LogP contribution in [0.5, 0.6) is 0 Å². The molecule has 0 radical (unpaired) electrons. The van der Waals surface area contributed by atoms with E-state index < -0.39 is 6.04 Å². The molecule has 12 heteroatoms. The van der Waals surface area contributed by atoms with Crippen LogP contribution in [0.2, 0.25) is 0 Å². The largest absolute Gasteiger partial charge is 0.378 e. The van der Waals surface area contributed by atoms with Crippen LogP contribution in [0.3, 0.4) is 0 Å². The van der Waals surface area contributed by atoms with Gasteiger partial charge in [-0.2, -0.15) is 0 Å². The Morgan fingerprint density at radius 3 is 1.85 bits per heavy atom. The Kier molecular flexibility index (Phi) is 23.0. The van der Waals surface area contributed by atoms with E-state index in [1.807, 2.05) is 6.92 Å². The van der Waals surface area contributed by atoms with Crippen LogP contribution in [0.1, 0.15) is 39.0 Å². The second-order valence-electron chi connectivity index (χ2n) is 7.52. The molecule has 0 saturated carbocycles. The third-order valence-corrected chi connectivity index (χ3v) is 4.46. The second-order valence-corrected chi connectivity index (χ2v) is 7.52. The third-order valence-electron chi connectivity index (χ3n) is 4.46. The van der Waals surface area contributed by atoms with Crippen molar-refractivity contribution in [1.82, 2.24) is 16.0 Å². The first kappa shape index (κ1) is 32.2. The van der Waals surface area contributed by atoms with Gasteiger partial charge in [-0.25, -0.2) is 0 Å². The van der Waals surface area contributed by atoms with E-state index in [1.165, 1.54) is 0 Å². The maximum atomic E-state index is 12.5. The molecule has 0 aliphatic rings. The van der Waals surface area contributed by atoms with Crippen LogP contribution in [0, 0.1) is 0 Å². The first-order chi connectivity index (χ1) is 16.5. The lowest BCUT2D eigenvalue weighted by Gasteiger charge is -2.18. The first-order valence-corrected chi connectivity index (χ1v) is 12.1. The van der Waals surface area contributed by atoms with Gasteiger partial charge in [0.2, 0.25) is 17.7 Å². The number of unbranched alkanes of at least 4 members (excludes halogenated alkanes) is 2. The molecule has 200 valence electrons. The van der Waals surface area contributed by atoms with Crippen molar-refractivity contribution in [2.75, 3.05) is 79.0 Å². The van der Waals surface area contributed by atoms with Gasteiger partial charge in [0.25, 0.3) is 0 Å². The van der Waals surface area contributed by atoms with Gasteiger partial charge in [0.15, 0.2) is 0 Å². The molecule has 0 unspecified atom stereocenters. The van der Waals surface area contributed by atoms with Gasteiger partial charge in [0.05, 0.1) is 39.6 Å². The zero-order valence-electron chi connectivity index (χ0n) is 20.6. The number of carbonyl (C=O) groups is 3. The number of hydrogen-bond acceptors (Lipinski definition) is 9. The predicted molar refractivity (Wildman–Crippen MR) is 128 cm³/mol. The zero-order chi connectivity index (χ0) is 25.3. The van der Waals surface area contributed by atoms with Gasteiger partial charge >= 0.3 is 0 Å². The summed E-state index contributed by atoms with van der Waals surface area (Å²) in [5.74, 6) is -0.800. The van der Waals surface area contributed by atoms with E-state index >= 15 is 0 Å². The van der Waals surface area contributed by atoms with E-state index in [-0.39, 0.29) is 37.5 Å². The number of hydrogen-bond donors (Lipinski definition) is 5. The summed E-state index contributed by atoms with van der Waals surface area (Å²) in [5.41, 5.74) is 10.6. The van der Waals surface area contributed by atoms with E-state index in [4.69, 9.17) is 30.4 Å². The molecule has 0 fully saturated rings. The summed E-state index contributed by atoms with van der Waals surface area (Å²) >= 11 is 0. The minimum absolute atomic E-state index is 0.0399. The quantitative estimate of drug-likeness (QED) is 0.102. The van der Waals surface area contributed by atoms with E-state index in [9.17, 15) is 14.4 Å². The maximum Gasteiger partial charge on any atom is 0.246 e. The average molecular weight is 492 g/mol. The molecule has 0 aliphatic heterocycles. The lowest BCUT2D eigenvalue weighted by molar-refractivity contribution is -0.132. The van der Waals surface area contributed by atoms with Gasteiger partial charge in [-0.3, -0.25) is 14.4 Å². The lowest BCUT2D eigenvalue weighted by Crippen LogP contribution is -2.48. The highest BCUT2D eigenvalue weighted by atomic mass is 16.5. The predicted octanol–water partition coefficient (Wildman–Crippen LogP) is -1.34. The highest BCUT2D eigenvalue weighted by Gasteiger charge is 2.20. The van der Waals surface area contributed by atoms with Crippen LogP contribution in [0.25, 0.3) is 0 Å². The fraction of sp³-hybridized carbons (Fsp3) is 0.864. The molecule has 7 N–H and O–H groups in total. The molecule has 0 aromatic rings. The standard InChI is InChI=1S/C22H45N5O7/c1-2-3-9-26-22(30)19(27-21(29)18-34-16-14-32-12-8-24)6-4-5-10-25-20(28)17-33-15-13-31-11-7-23/h19H,2-18,23-24H2,1H3,(H,25,28)(H,26,30)(H,27,29)/t19-/m0/s1. The molecule has 0 saturated heterocycles. The topological polar surface area (TPSA) is 176 Å². The van der Waals surface area contributed by atoms with Gasteiger partial charge in [-0.1, -0.05) is 13.3 Å². The van der Waals surface area contributed by atoms with Gasteiger partial charge in [-0.15, -0.1) is 0 Å². The molecule has 3 amide bonds. The summed E-state index contributed by atoms with van der Waals surface area (Å²) in [4.78, 5) is 36.4. The van der Waals surface area contributed by atoms with Crippen molar-refractivity contribution in [2.45, 2.75) is 45.1 Å². The van der Waals surface area contributed by atoms with Crippen molar-refractivity contribution in [3.63, 3.8) is 0 Å². The summed E-state index contributed by atoms with van der Waals surface area (Å²) in [5, 5.41) is 8.35. The Labute approximate surface area is 203 Å². The van der Waals surface area contributed by atoms with Crippen LogP contribution in [-0.4, -0.2) is 103 Å². The van der Waals surface area contributed by atoms with Crippen molar-refractivity contribution in [1.29, 1.82) is 0 Å². The van der Waals surface area contributed by atoms with Crippen LogP contribution < -0.4 is 27.4 Å². The van der Waals surface area contributed by atoms with Crippen molar-refractivity contribution < 1.29 is 33.3 Å². The average Bonchev–Trinajstić information content (AvgIpc) is 2.82. The molecule has 0 bridgehead atoms. The minimum atomic E-state index is -0.658. The van der Waals surface area contributed by atoms with E-state index in [2.05, 4.69) is 16.0 Å². The van der Waals surface area contributed by atoms with Crippen molar-refractivity contribution in [2.24, 2.45) is 11.5 Å². The Hall–Kier alpha value is -1.83. The van der Waals surface area contributed by atoms with E-state index in [0.29, 0.717) is 78.5 Å². The molecule has 0 aliphatic carbocycles. The molecule has 0 heterocycles. The molecular formula is C22H45N5O7. The van der Waals surface area contributed by atoms with Gasteiger partial charge in [-0.05, 0) is 25.7 Å². The maximum absolute atomic E-state index is 12.5. The number of amides is 3. The number of ether oxygens (including phenoxy) is 4. The molecule has 0 aromatic carbocycles. The van der Waals surface area contributed by atoms with Gasteiger partial charge < -0.3 is 46.4 Å². The summed E-state index contributed by atoms with van der Waals surface area (Å²) in [6.45, 7) is 5.97. The van der Waals surface area contributed by atoms with Gasteiger partial charge in [0.1, 0.15) is 19.3 Å². The third kappa shape index (κ3) is 20.8. The molecule has 12 nitrogen and oxygen atoms in total. The molecule has 1 atom stereocenters. The smallest absolute Gasteiger partial charge is 0.246 e. The second kappa shape index (κ2) is 24.3. The van der Waals surface area contributed by atoms with Crippen LogP contribution >= 0.6 is 0 Å². The minimum Gasteiger partial charge on any atom is -0.378 e. The zero-order valence-corrected chi connectivity index (χ0v) is 20.6. The Morgan fingerprint density at radius 1 is 0.706 bits per heavy atom. The normalized spacial score (nSPS) is 11.7. The van der Waals surface area contributed by atoms with E-state index in [0.717, 1.165) is 12.8 Å². The highest BCUT2D eigenvalue weighted by molar-refractivity contribution is 5.88. The molecular weight excluding hydrogens is 446 g/mol. The Balaban J connectivity index is 4.16. The van der Waals surface area contributed by atoms with Crippen LogP contribution in [-0.2, 0) is 33.3 Å². The summed E-state index contributed by atoms with van der Waals surface area (Å²) in [6.07, 6.45) is 3.59. The fourth-order valence-corrected chi connectivity index (χ4v) is 2.70. The van der Waals surface area contributed by atoms with Crippen LogP contribution in [0.15, 0.2) is 0 Å².